The highest BCUT2D eigenvalue weighted by atomic mass is 16.3. The Bertz CT molecular complexity index is 511. The Labute approximate surface area is 81.4 Å². The zero-order valence-electron chi connectivity index (χ0n) is 8.09. The Morgan fingerprint density at radius 3 is 2.71 bits per heavy atom. The number of nitrogens with one attached hydrogen (secondary N) is 1. The van der Waals surface area contributed by atoms with Crippen LogP contribution in [-0.4, -0.2) is 15.9 Å². The second-order valence-corrected chi connectivity index (χ2v) is 3.49. The predicted octanol–water partition coefficient (Wildman–Crippen LogP) is 2.38. The first-order valence-corrected chi connectivity index (χ1v) is 4.41. The largest absolute Gasteiger partial charge is 0.506 e. The van der Waals surface area contributed by atoms with Gasteiger partial charge in [-0.2, -0.15) is 0 Å². The Morgan fingerprint density at radius 1 is 1.36 bits per heavy atom. The topological polar surface area (TPSA) is 53.1 Å². The van der Waals surface area contributed by atoms with Gasteiger partial charge in [0.25, 0.3) is 0 Å². The number of rotatable bonds is 1. The molecule has 0 unspecified atom stereocenters. The van der Waals surface area contributed by atoms with Crippen LogP contribution in [0.2, 0.25) is 0 Å². The van der Waals surface area contributed by atoms with E-state index in [2.05, 4.69) is 4.98 Å². The first-order valence-electron chi connectivity index (χ1n) is 4.41. The van der Waals surface area contributed by atoms with Crippen LogP contribution >= 0.6 is 0 Å². The number of carbonyl (C=O) groups is 1. The molecule has 72 valence electrons. The zero-order chi connectivity index (χ0) is 10.3. The van der Waals surface area contributed by atoms with Crippen molar-refractivity contribution in [1.82, 2.24) is 4.98 Å². The Balaban J connectivity index is 2.76. The van der Waals surface area contributed by atoms with Gasteiger partial charge in [-0.15, -0.1) is 0 Å². The molecule has 3 heteroatoms. The van der Waals surface area contributed by atoms with Crippen molar-refractivity contribution in [2.45, 2.75) is 13.8 Å². The molecule has 2 aromatic rings. The highest BCUT2D eigenvalue weighted by Gasteiger charge is 2.08. The van der Waals surface area contributed by atoms with Gasteiger partial charge in [0.05, 0.1) is 11.2 Å². The lowest BCUT2D eigenvalue weighted by molar-refractivity contribution is 0.101. The van der Waals surface area contributed by atoms with E-state index in [0.717, 1.165) is 10.9 Å². The third-order valence-corrected chi connectivity index (χ3v) is 2.23. The standard InChI is InChI=1S/C11H11NO2/c1-6-3-8-5-9(7(2)13)12-11(8)10(14)4-6/h3-5,12,14H,1-2H3. The monoisotopic (exact) mass is 189 g/mol. The second-order valence-electron chi connectivity index (χ2n) is 3.49. The summed E-state index contributed by atoms with van der Waals surface area (Å²) in [4.78, 5) is 14.0. The van der Waals surface area contributed by atoms with Gasteiger partial charge in [0, 0.05) is 12.3 Å². The van der Waals surface area contributed by atoms with Crippen LogP contribution in [0.5, 0.6) is 5.75 Å². The van der Waals surface area contributed by atoms with E-state index in [-0.39, 0.29) is 11.5 Å². The third-order valence-electron chi connectivity index (χ3n) is 2.23. The normalized spacial score (nSPS) is 10.7. The predicted molar refractivity (Wildman–Crippen MR) is 54.7 cm³/mol. The molecule has 0 saturated heterocycles. The third kappa shape index (κ3) is 1.27. The van der Waals surface area contributed by atoms with Gasteiger partial charge in [0.15, 0.2) is 5.78 Å². The first-order chi connectivity index (χ1) is 6.58. The quantitative estimate of drug-likeness (QED) is 0.677. The summed E-state index contributed by atoms with van der Waals surface area (Å²) in [5.74, 6) is 0.158. The molecule has 1 heterocycles. The van der Waals surface area contributed by atoms with Gasteiger partial charge in [0.2, 0.25) is 0 Å². The van der Waals surface area contributed by atoms with E-state index in [0.29, 0.717) is 11.2 Å². The van der Waals surface area contributed by atoms with Crippen LogP contribution in [-0.2, 0) is 0 Å². The number of phenolic OH excluding ortho intramolecular Hbond substituents is 1. The number of Topliss-reactive ketones (excluding diaryl/α,β-unsaturated/α-hetero) is 1. The molecule has 3 nitrogen and oxygen atoms in total. The maximum absolute atomic E-state index is 11.1. The van der Waals surface area contributed by atoms with Crippen molar-refractivity contribution in [3.05, 3.63) is 29.5 Å². The van der Waals surface area contributed by atoms with E-state index in [9.17, 15) is 9.90 Å². The SMILES string of the molecule is CC(=O)c1cc2cc(C)cc(O)c2[nH]1. The van der Waals surface area contributed by atoms with E-state index >= 15 is 0 Å². The maximum Gasteiger partial charge on any atom is 0.175 e. The summed E-state index contributed by atoms with van der Waals surface area (Å²) < 4.78 is 0. The fourth-order valence-corrected chi connectivity index (χ4v) is 1.56. The molecule has 0 fully saturated rings. The van der Waals surface area contributed by atoms with Gasteiger partial charge in [0.1, 0.15) is 5.75 Å². The molecule has 0 saturated carbocycles. The molecule has 2 rings (SSSR count). The van der Waals surface area contributed by atoms with Crippen molar-refractivity contribution in [3.63, 3.8) is 0 Å². The minimum atomic E-state index is -0.0294. The summed E-state index contributed by atoms with van der Waals surface area (Å²) in [5, 5.41) is 10.5. The molecule has 1 aromatic carbocycles. The number of hydrogen-bond acceptors (Lipinski definition) is 2. The first kappa shape index (κ1) is 8.81. The van der Waals surface area contributed by atoms with Gasteiger partial charge in [-0.05, 0) is 30.7 Å². The highest BCUT2D eigenvalue weighted by Crippen LogP contribution is 2.26. The summed E-state index contributed by atoms with van der Waals surface area (Å²) in [6.45, 7) is 3.40. The van der Waals surface area contributed by atoms with Crippen LogP contribution in [0, 0.1) is 6.92 Å². The van der Waals surface area contributed by atoms with Crippen molar-refractivity contribution in [1.29, 1.82) is 0 Å². The molecule has 0 aliphatic carbocycles. The van der Waals surface area contributed by atoms with E-state index < -0.39 is 0 Å². The van der Waals surface area contributed by atoms with Crippen LogP contribution in [0.25, 0.3) is 10.9 Å². The number of phenols is 1. The number of aryl methyl sites for hydroxylation is 1. The van der Waals surface area contributed by atoms with Crippen molar-refractivity contribution < 1.29 is 9.90 Å². The smallest absolute Gasteiger partial charge is 0.175 e. The number of fused-ring (bicyclic) bond motifs is 1. The molecule has 0 spiro atoms. The lowest BCUT2D eigenvalue weighted by atomic mass is 10.1. The van der Waals surface area contributed by atoms with E-state index in [1.54, 1.807) is 12.1 Å². The van der Waals surface area contributed by atoms with Crippen molar-refractivity contribution in [2.24, 2.45) is 0 Å². The van der Waals surface area contributed by atoms with Crippen LogP contribution in [0.3, 0.4) is 0 Å². The lowest BCUT2D eigenvalue weighted by Crippen LogP contribution is -1.89. The molecular weight excluding hydrogens is 178 g/mol. The zero-order valence-corrected chi connectivity index (χ0v) is 8.09. The van der Waals surface area contributed by atoms with Gasteiger partial charge in [-0.3, -0.25) is 4.79 Å². The van der Waals surface area contributed by atoms with Crippen molar-refractivity contribution in [3.8, 4) is 5.75 Å². The number of aromatic amines is 1. The number of hydrogen-bond donors (Lipinski definition) is 2. The number of aromatic hydroxyl groups is 1. The lowest BCUT2D eigenvalue weighted by Gasteiger charge is -1.96. The van der Waals surface area contributed by atoms with E-state index in [1.807, 2.05) is 13.0 Å². The number of benzene rings is 1. The average molecular weight is 189 g/mol. The molecule has 14 heavy (non-hydrogen) atoms. The maximum atomic E-state index is 11.1. The molecule has 0 bridgehead atoms. The number of carbonyl (C=O) groups excluding carboxylic acids is 1. The van der Waals surface area contributed by atoms with Gasteiger partial charge < -0.3 is 10.1 Å². The van der Waals surface area contributed by atoms with E-state index in [1.165, 1.54) is 6.92 Å². The molecule has 0 radical (unpaired) electrons. The summed E-state index contributed by atoms with van der Waals surface area (Å²) in [6, 6.07) is 5.35. The summed E-state index contributed by atoms with van der Waals surface area (Å²) in [5.41, 5.74) is 2.13. The van der Waals surface area contributed by atoms with Crippen LogP contribution in [0.1, 0.15) is 23.0 Å². The Morgan fingerprint density at radius 2 is 2.07 bits per heavy atom. The summed E-state index contributed by atoms with van der Waals surface area (Å²) >= 11 is 0. The van der Waals surface area contributed by atoms with Crippen molar-refractivity contribution in [2.75, 3.05) is 0 Å². The fraction of sp³-hybridized carbons (Fsp3) is 0.182. The van der Waals surface area contributed by atoms with Crippen LogP contribution in [0.4, 0.5) is 0 Å². The molecule has 1 aromatic heterocycles. The molecule has 0 aliphatic heterocycles. The van der Waals surface area contributed by atoms with Gasteiger partial charge >= 0.3 is 0 Å². The van der Waals surface area contributed by atoms with Crippen molar-refractivity contribution >= 4 is 16.7 Å². The second kappa shape index (κ2) is 2.87. The summed E-state index contributed by atoms with van der Waals surface area (Å²) in [7, 11) is 0. The Kier molecular flexibility index (Phi) is 1.81. The minimum Gasteiger partial charge on any atom is -0.506 e. The molecule has 0 atom stereocenters. The number of aromatic nitrogens is 1. The molecular formula is C11H11NO2. The summed E-state index contributed by atoms with van der Waals surface area (Å²) in [6.07, 6.45) is 0. The number of H-pyrrole nitrogens is 1. The fourth-order valence-electron chi connectivity index (χ4n) is 1.56. The van der Waals surface area contributed by atoms with Crippen LogP contribution < -0.4 is 0 Å². The van der Waals surface area contributed by atoms with Gasteiger partial charge in [-0.25, -0.2) is 0 Å². The highest BCUT2D eigenvalue weighted by molar-refractivity contribution is 5.99. The molecule has 2 N–H and O–H groups in total. The minimum absolute atomic E-state index is 0.0294. The molecule has 0 aliphatic rings. The van der Waals surface area contributed by atoms with Crippen LogP contribution in [0.15, 0.2) is 18.2 Å². The van der Waals surface area contributed by atoms with E-state index in [4.69, 9.17) is 0 Å². The van der Waals surface area contributed by atoms with Gasteiger partial charge in [-0.1, -0.05) is 0 Å². The number of ketones is 1. The Hall–Kier alpha value is -1.77. The average Bonchev–Trinajstić information content (AvgIpc) is 2.47. The molecule has 0 amide bonds.